The maximum atomic E-state index is 7.11. The lowest BCUT2D eigenvalue weighted by Crippen LogP contribution is -2.13. The van der Waals surface area contributed by atoms with Gasteiger partial charge in [0.1, 0.15) is 11.2 Å². The predicted octanol–water partition coefficient (Wildman–Crippen LogP) is 26.4. The predicted molar refractivity (Wildman–Crippen MR) is 402 cm³/mol. The molecule has 18 aromatic rings. The zero-order chi connectivity index (χ0) is 63.2. The van der Waals surface area contributed by atoms with E-state index >= 15 is 0 Å². The third-order valence-corrected chi connectivity index (χ3v) is 19.5. The van der Waals surface area contributed by atoms with Crippen LogP contribution in [0.15, 0.2) is 361 Å². The van der Waals surface area contributed by atoms with E-state index in [1.54, 1.807) is 0 Å². The fourth-order valence-electron chi connectivity index (χ4n) is 15.5. The molecular weight excluding hydrogens is 1170 g/mol. The molecule has 1 aliphatic rings. The number of hydrogen-bond donors (Lipinski definition) is 0. The second-order valence-corrected chi connectivity index (χ2v) is 24.9. The molecule has 0 amide bonds. The lowest BCUT2D eigenvalue weighted by Gasteiger charge is -2.37. The van der Waals surface area contributed by atoms with Gasteiger partial charge in [-0.25, -0.2) is 0 Å². The van der Waals surface area contributed by atoms with Gasteiger partial charge in [-0.05, 0) is 183 Å². The number of furan rings is 2. The molecule has 0 bridgehead atoms. The molecule has 19 rings (SSSR count). The topological polar surface area (TPSA) is 32.8 Å². The van der Waals surface area contributed by atoms with Crippen LogP contribution in [0.4, 0.5) is 34.1 Å². The summed E-state index contributed by atoms with van der Waals surface area (Å²) in [7, 11) is 0. The Morgan fingerprint density at radius 2 is 0.469 bits per heavy atom. The maximum absolute atomic E-state index is 7.11. The molecule has 96 heavy (non-hydrogen) atoms. The molecule has 16 aromatic carbocycles. The highest BCUT2D eigenvalue weighted by Crippen LogP contribution is 2.66. The van der Waals surface area contributed by atoms with Gasteiger partial charge in [-0.2, -0.15) is 0 Å². The van der Waals surface area contributed by atoms with Gasteiger partial charge >= 0.3 is 0 Å². The van der Waals surface area contributed by atoms with Crippen LogP contribution in [0.3, 0.4) is 0 Å². The third-order valence-electron chi connectivity index (χ3n) is 19.5. The van der Waals surface area contributed by atoms with Crippen LogP contribution in [0.5, 0.6) is 0 Å². The van der Waals surface area contributed by atoms with E-state index in [1.807, 2.05) is 0 Å². The summed E-state index contributed by atoms with van der Waals surface area (Å²) in [6.07, 6.45) is 0. The summed E-state index contributed by atoms with van der Waals surface area (Å²) in [6, 6.07) is 128. The molecule has 2 aromatic heterocycles. The lowest BCUT2D eigenvalue weighted by atomic mass is 9.65. The molecule has 0 saturated heterocycles. The smallest absolute Gasteiger partial charge is 0.160 e. The Balaban J connectivity index is 0.913. The average molecular weight is 1220 g/mol. The molecule has 4 nitrogen and oxygen atoms in total. The summed E-state index contributed by atoms with van der Waals surface area (Å²) in [6.45, 7) is 0. The van der Waals surface area contributed by atoms with Crippen molar-refractivity contribution in [2.45, 2.75) is 0 Å². The van der Waals surface area contributed by atoms with Gasteiger partial charge in [0.2, 0.25) is 0 Å². The van der Waals surface area contributed by atoms with Crippen LogP contribution in [-0.4, -0.2) is 0 Å². The molecule has 0 saturated carbocycles. The van der Waals surface area contributed by atoms with Gasteiger partial charge in [0, 0.05) is 44.3 Å². The Morgan fingerprint density at radius 1 is 0.188 bits per heavy atom. The summed E-state index contributed by atoms with van der Waals surface area (Å²) in [5.74, 6) is 0. The number of para-hydroxylation sites is 4. The standard InChI is InChI=1S/C92H58N2O2/c1-9-29-59(30-10-1)69-53-55-77(91-85(69)73-45-25-27-47-79(73)95-91)93(65-41-21-7-22-42-65)67-49-51-71-75(57-67)83(63-37-17-5-18-38-63)89-87(81(71)61-33-13-3-14-34-61)90-84(64-39-19-6-20-40-64)76-58-68(50-52-72(76)82(88(89)90)62-35-15-4-16-36-62)94(66-43-23-8-24-44-66)78-56-54-70(60-31-11-2-12-32-60)86-74-46-26-28-48-80(74)96-92(78)86/h1-58H. The maximum Gasteiger partial charge on any atom is 0.160 e. The first-order valence-corrected chi connectivity index (χ1v) is 32.9. The van der Waals surface area contributed by atoms with Gasteiger partial charge in [0.25, 0.3) is 0 Å². The van der Waals surface area contributed by atoms with E-state index in [0.29, 0.717) is 0 Å². The zero-order valence-corrected chi connectivity index (χ0v) is 52.2. The van der Waals surface area contributed by atoms with Crippen molar-refractivity contribution >= 4 is 99.5 Å². The molecule has 0 aliphatic heterocycles. The van der Waals surface area contributed by atoms with Crippen molar-refractivity contribution in [3.8, 4) is 89.0 Å². The minimum Gasteiger partial charge on any atom is -0.454 e. The van der Waals surface area contributed by atoms with Crippen molar-refractivity contribution in [2.75, 3.05) is 9.80 Å². The number of fused-ring (bicyclic) bond motifs is 12. The molecule has 0 spiro atoms. The van der Waals surface area contributed by atoms with Gasteiger partial charge in [-0.1, -0.05) is 279 Å². The van der Waals surface area contributed by atoms with Crippen LogP contribution in [0.2, 0.25) is 0 Å². The largest absolute Gasteiger partial charge is 0.454 e. The Bertz CT molecular complexity index is 5640. The van der Waals surface area contributed by atoms with Crippen molar-refractivity contribution in [1.29, 1.82) is 0 Å². The number of anilines is 6. The van der Waals surface area contributed by atoms with E-state index in [4.69, 9.17) is 8.83 Å². The number of benzene rings is 16. The summed E-state index contributed by atoms with van der Waals surface area (Å²) in [4.78, 5) is 4.79. The third kappa shape index (κ3) is 8.70. The fraction of sp³-hybridized carbons (Fsp3) is 0. The Kier molecular flexibility index (Phi) is 12.9. The normalized spacial score (nSPS) is 11.8. The second-order valence-electron chi connectivity index (χ2n) is 24.9. The molecule has 0 N–H and O–H groups in total. The quantitative estimate of drug-likeness (QED) is 0.122. The van der Waals surface area contributed by atoms with E-state index in [1.165, 1.54) is 44.5 Å². The van der Waals surface area contributed by atoms with Gasteiger partial charge in [-0.3, -0.25) is 0 Å². The lowest BCUT2D eigenvalue weighted by molar-refractivity contribution is 0.669. The van der Waals surface area contributed by atoms with E-state index in [9.17, 15) is 0 Å². The highest BCUT2D eigenvalue weighted by atomic mass is 16.3. The Hall–Kier alpha value is -12.8. The molecule has 448 valence electrons. The van der Waals surface area contributed by atoms with Gasteiger partial charge < -0.3 is 18.6 Å². The minimum atomic E-state index is 0.826. The van der Waals surface area contributed by atoms with Crippen LogP contribution in [0, 0.1) is 0 Å². The first-order chi connectivity index (χ1) is 47.7. The van der Waals surface area contributed by atoms with Gasteiger partial charge in [-0.15, -0.1) is 0 Å². The average Bonchev–Trinajstić information content (AvgIpc) is 0.869. The van der Waals surface area contributed by atoms with Crippen LogP contribution >= 0.6 is 0 Å². The molecule has 0 unspecified atom stereocenters. The number of hydrogen-bond acceptors (Lipinski definition) is 4. The van der Waals surface area contributed by atoms with Crippen LogP contribution in [-0.2, 0) is 0 Å². The zero-order valence-electron chi connectivity index (χ0n) is 52.2. The molecular formula is C92H58N2O2. The van der Waals surface area contributed by atoms with Crippen LogP contribution < -0.4 is 9.80 Å². The molecule has 0 fully saturated rings. The fourth-order valence-corrected chi connectivity index (χ4v) is 15.5. The summed E-state index contributed by atoms with van der Waals surface area (Å²) in [5, 5.41) is 8.94. The molecule has 0 radical (unpaired) electrons. The van der Waals surface area contributed by atoms with Gasteiger partial charge in [0.15, 0.2) is 11.2 Å². The Morgan fingerprint density at radius 3 is 0.802 bits per heavy atom. The van der Waals surface area contributed by atoms with Crippen molar-refractivity contribution < 1.29 is 8.83 Å². The highest BCUT2D eigenvalue weighted by molar-refractivity contribution is 6.34. The second kappa shape index (κ2) is 22.5. The van der Waals surface area contributed by atoms with Crippen LogP contribution in [0.25, 0.3) is 154 Å². The van der Waals surface area contributed by atoms with Gasteiger partial charge in [0.05, 0.1) is 11.4 Å². The van der Waals surface area contributed by atoms with Crippen LogP contribution in [0.1, 0.15) is 0 Å². The highest BCUT2D eigenvalue weighted by Gasteiger charge is 2.39. The van der Waals surface area contributed by atoms with E-state index in [0.717, 1.165) is 144 Å². The van der Waals surface area contributed by atoms with Crippen molar-refractivity contribution in [3.05, 3.63) is 352 Å². The van der Waals surface area contributed by atoms with Crippen molar-refractivity contribution in [1.82, 2.24) is 0 Å². The first-order valence-electron chi connectivity index (χ1n) is 32.9. The first kappa shape index (κ1) is 54.9. The summed E-state index contributed by atoms with van der Waals surface area (Å²) in [5.41, 5.74) is 28.1. The van der Waals surface area contributed by atoms with E-state index in [2.05, 4.69) is 362 Å². The molecule has 2 heterocycles. The van der Waals surface area contributed by atoms with Crippen molar-refractivity contribution in [2.24, 2.45) is 0 Å². The Labute approximate surface area is 555 Å². The molecule has 1 aliphatic carbocycles. The SMILES string of the molecule is c1ccc(-c2c3c(c(-c4ccccc4)c4cc(N(c5ccccc5)c5ccc(-c6ccccc6)c6c5oc5ccccc56)ccc24)-c2c-3c(-c3ccccc3)c3cc(N(c4ccccc4)c4ccc(-c5ccccc5)c5c4oc4ccccc45)ccc3c2-c2ccccc2)cc1. The minimum absolute atomic E-state index is 0.826. The molecule has 4 heteroatoms. The number of rotatable bonds is 12. The number of nitrogens with zero attached hydrogens (tertiary/aromatic N) is 2. The summed E-state index contributed by atoms with van der Waals surface area (Å²) < 4.78 is 14.2. The molecule has 0 atom stereocenters. The van der Waals surface area contributed by atoms with E-state index in [-0.39, 0.29) is 0 Å². The van der Waals surface area contributed by atoms with Crippen molar-refractivity contribution in [3.63, 3.8) is 0 Å². The summed E-state index contributed by atoms with van der Waals surface area (Å²) >= 11 is 0. The monoisotopic (exact) mass is 1220 g/mol. The van der Waals surface area contributed by atoms with E-state index < -0.39 is 0 Å².